The number of hydrogen-bond donors (Lipinski definition) is 2. The van der Waals surface area contributed by atoms with E-state index >= 15 is 0 Å². The summed E-state index contributed by atoms with van der Waals surface area (Å²) >= 11 is 6.16. The maximum Gasteiger partial charge on any atom is 0.262 e. The van der Waals surface area contributed by atoms with E-state index < -0.39 is 0 Å². The van der Waals surface area contributed by atoms with Gasteiger partial charge in [-0.25, -0.2) is 0 Å². The number of carbonyl (C=O) groups excluding carboxylic acids is 1. The van der Waals surface area contributed by atoms with Gasteiger partial charge in [0.05, 0.1) is 18.3 Å². The second-order valence-corrected chi connectivity index (χ2v) is 5.84. The number of oxime groups is 1. The molecular formula is C18H19ClN2O4. The fourth-order valence-corrected chi connectivity index (χ4v) is 2.57. The molecule has 0 saturated carbocycles. The van der Waals surface area contributed by atoms with Crippen LogP contribution in [-0.2, 0) is 4.79 Å². The van der Waals surface area contributed by atoms with Crippen molar-refractivity contribution >= 4 is 29.4 Å². The number of methoxy groups -OCH3 is 1. The summed E-state index contributed by atoms with van der Waals surface area (Å²) in [4.78, 5) is 12.1. The van der Waals surface area contributed by atoms with Crippen LogP contribution in [0.3, 0.4) is 0 Å². The highest BCUT2D eigenvalue weighted by atomic mass is 35.5. The van der Waals surface area contributed by atoms with Crippen LogP contribution < -0.4 is 14.8 Å². The molecule has 2 rings (SSSR count). The fourth-order valence-electron chi connectivity index (χ4n) is 2.30. The second kappa shape index (κ2) is 8.39. The van der Waals surface area contributed by atoms with Crippen molar-refractivity contribution in [3.05, 3.63) is 52.0 Å². The highest BCUT2D eigenvalue weighted by molar-refractivity contribution is 6.32. The van der Waals surface area contributed by atoms with Crippen molar-refractivity contribution in [2.45, 2.75) is 13.8 Å². The molecule has 2 aromatic rings. The Balaban J connectivity index is 2.08. The highest BCUT2D eigenvalue weighted by Crippen LogP contribution is 2.36. The van der Waals surface area contributed by atoms with Gasteiger partial charge in [-0.3, -0.25) is 4.79 Å². The van der Waals surface area contributed by atoms with E-state index in [4.69, 9.17) is 26.3 Å². The molecule has 132 valence electrons. The minimum absolute atomic E-state index is 0.225. The van der Waals surface area contributed by atoms with E-state index in [-0.39, 0.29) is 23.3 Å². The molecule has 0 heterocycles. The molecule has 0 unspecified atom stereocenters. The van der Waals surface area contributed by atoms with Gasteiger partial charge < -0.3 is 20.0 Å². The smallest absolute Gasteiger partial charge is 0.262 e. The number of hydrogen-bond acceptors (Lipinski definition) is 5. The first-order valence-corrected chi connectivity index (χ1v) is 7.87. The maximum atomic E-state index is 12.1. The van der Waals surface area contributed by atoms with E-state index in [1.165, 1.54) is 13.3 Å². The van der Waals surface area contributed by atoms with Crippen LogP contribution in [0.1, 0.15) is 16.7 Å². The van der Waals surface area contributed by atoms with Gasteiger partial charge in [0.1, 0.15) is 0 Å². The lowest BCUT2D eigenvalue weighted by Crippen LogP contribution is -2.21. The third-order valence-corrected chi connectivity index (χ3v) is 3.74. The molecule has 0 spiro atoms. The number of carbonyl (C=O) groups is 1. The first kappa shape index (κ1) is 18.6. The van der Waals surface area contributed by atoms with Gasteiger partial charge in [0.25, 0.3) is 5.91 Å². The van der Waals surface area contributed by atoms with Crippen molar-refractivity contribution in [2.24, 2.45) is 5.16 Å². The number of amides is 1. The second-order valence-electron chi connectivity index (χ2n) is 5.43. The zero-order chi connectivity index (χ0) is 18.4. The normalized spacial score (nSPS) is 10.7. The van der Waals surface area contributed by atoms with Gasteiger partial charge in [0.2, 0.25) is 0 Å². The molecule has 0 fully saturated rings. The SMILES string of the molecule is COc1cc(/C=N/O)cc(Cl)c1OCC(=O)Nc1ccc(C)cc1C. The maximum absolute atomic E-state index is 12.1. The van der Waals surface area contributed by atoms with Gasteiger partial charge in [-0.2, -0.15) is 0 Å². The van der Waals surface area contributed by atoms with Gasteiger partial charge >= 0.3 is 0 Å². The average molecular weight is 363 g/mol. The zero-order valence-corrected chi connectivity index (χ0v) is 14.9. The number of aryl methyl sites for hydroxylation is 2. The summed E-state index contributed by atoms with van der Waals surface area (Å²) in [5.74, 6) is 0.267. The van der Waals surface area contributed by atoms with Gasteiger partial charge in [-0.05, 0) is 37.6 Å². The minimum atomic E-state index is -0.314. The lowest BCUT2D eigenvalue weighted by atomic mass is 10.1. The third-order valence-electron chi connectivity index (χ3n) is 3.46. The fraction of sp³-hybridized carbons (Fsp3) is 0.222. The number of nitrogens with zero attached hydrogens (tertiary/aromatic N) is 1. The molecule has 0 radical (unpaired) electrons. The molecule has 0 aliphatic rings. The average Bonchev–Trinajstić information content (AvgIpc) is 2.56. The molecule has 0 bridgehead atoms. The Bertz CT molecular complexity index is 806. The van der Waals surface area contributed by atoms with Gasteiger partial charge in [0.15, 0.2) is 18.1 Å². The first-order chi connectivity index (χ1) is 11.9. The number of rotatable bonds is 6. The van der Waals surface area contributed by atoms with Crippen LogP contribution in [0.4, 0.5) is 5.69 Å². The topological polar surface area (TPSA) is 80.2 Å². The van der Waals surface area contributed by atoms with Crippen LogP contribution in [0.5, 0.6) is 11.5 Å². The van der Waals surface area contributed by atoms with Crippen molar-refractivity contribution in [2.75, 3.05) is 19.0 Å². The van der Waals surface area contributed by atoms with Crippen LogP contribution in [0.25, 0.3) is 0 Å². The Morgan fingerprint density at radius 2 is 2.08 bits per heavy atom. The quantitative estimate of drug-likeness (QED) is 0.465. The summed E-state index contributed by atoms with van der Waals surface area (Å²) in [7, 11) is 1.45. The standard InChI is InChI=1S/C18H19ClN2O4/c1-11-4-5-15(12(2)6-11)21-17(22)10-25-18-14(19)7-13(9-20-23)8-16(18)24-3/h4-9,23H,10H2,1-3H3,(H,21,22)/b20-9+. The molecule has 6 nitrogen and oxygen atoms in total. The molecule has 0 saturated heterocycles. The lowest BCUT2D eigenvalue weighted by Gasteiger charge is -2.14. The molecule has 0 atom stereocenters. The summed E-state index contributed by atoms with van der Waals surface area (Å²) < 4.78 is 10.7. The summed E-state index contributed by atoms with van der Waals surface area (Å²) in [6, 6.07) is 8.88. The van der Waals surface area contributed by atoms with Crippen LogP contribution in [0.15, 0.2) is 35.5 Å². The van der Waals surface area contributed by atoms with Gasteiger partial charge in [-0.15, -0.1) is 0 Å². The van der Waals surface area contributed by atoms with Crippen LogP contribution >= 0.6 is 11.6 Å². The number of halogens is 1. The molecule has 0 aromatic heterocycles. The monoisotopic (exact) mass is 362 g/mol. The van der Waals surface area contributed by atoms with E-state index in [0.717, 1.165) is 16.8 Å². The van der Waals surface area contributed by atoms with Crippen molar-refractivity contribution in [3.63, 3.8) is 0 Å². The number of nitrogens with one attached hydrogen (secondary N) is 1. The predicted octanol–water partition coefficient (Wildman–Crippen LogP) is 3.79. The van der Waals surface area contributed by atoms with Gasteiger partial charge in [-0.1, -0.05) is 34.5 Å². The van der Waals surface area contributed by atoms with Crippen LogP contribution in [-0.4, -0.2) is 31.0 Å². The van der Waals surface area contributed by atoms with Crippen molar-refractivity contribution < 1.29 is 19.5 Å². The summed E-state index contributed by atoms with van der Waals surface area (Å²) in [5, 5.41) is 14.6. The highest BCUT2D eigenvalue weighted by Gasteiger charge is 2.14. The van der Waals surface area contributed by atoms with Crippen LogP contribution in [0, 0.1) is 13.8 Å². The minimum Gasteiger partial charge on any atom is -0.493 e. The summed E-state index contributed by atoms with van der Waals surface area (Å²) in [6.45, 7) is 3.68. The van der Waals surface area contributed by atoms with E-state index in [9.17, 15) is 4.79 Å². The predicted molar refractivity (Wildman–Crippen MR) is 97.4 cm³/mol. The van der Waals surface area contributed by atoms with Crippen molar-refractivity contribution in [3.8, 4) is 11.5 Å². The Hall–Kier alpha value is -2.73. The van der Waals surface area contributed by atoms with Crippen LogP contribution in [0.2, 0.25) is 5.02 Å². The first-order valence-electron chi connectivity index (χ1n) is 7.49. The van der Waals surface area contributed by atoms with E-state index in [2.05, 4.69) is 10.5 Å². The van der Waals surface area contributed by atoms with Gasteiger partial charge in [0, 0.05) is 11.3 Å². The van der Waals surface area contributed by atoms with Crippen molar-refractivity contribution in [1.82, 2.24) is 0 Å². The van der Waals surface area contributed by atoms with E-state index in [0.29, 0.717) is 11.3 Å². The number of benzene rings is 2. The Labute approximate surface area is 151 Å². The zero-order valence-electron chi connectivity index (χ0n) is 14.2. The Kier molecular flexibility index (Phi) is 6.25. The number of anilines is 1. The Morgan fingerprint density at radius 3 is 2.72 bits per heavy atom. The lowest BCUT2D eigenvalue weighted by molar-refractivity contribution is -0.118. The Morgan fingerprint density at radius 1 is 1.32 bits per heavy atom. The molecule has 25 heavy (non-hydrogen) atoms. The molecule has 0 aliphatic heterocycles. The molecule has 1 amide bonds. The molecule has 0 aliphatic carbocycles. The van der Waals surface area contributed by atoms with E-state index in [1.54, 1.807) is 12.1 Å². The molecule has 2 aromatic carbocycles. The summed E-state index contributed by atoms with van der Waals surface area (Å²) in [6.07, 6.45) is 1.21. The van der Waals surface area contributed by atoms with Crippen molar-refractivity contribution in [1.29, 1.82) is 0 Å². The summed E-state index contributed by atoms with van der Waals surface area (Å²) in [5.41, 5.74) is 3.36. The molecule has 2 N–H and O–H groups in total. The molecule has 7 heteroatoms. The number of ether oxygens (including phenoxy) is 2. The van der Waals surface area contributed by atoms with E-state index in [1.807, 2.05) is 32.0 Å². The molecular weight excluding hydrogens is 344 g/mol. The third kappa shape index (κ3) is 4.87. The largest absolute Gasteiger partial charge is 0.493 e.